The summed E-state index contributed by atoms with van der Waals surface area (Å²) in [5.74, 6) is -0.264. The third-order valence-corrected chi connectivity index (χ3v) is 4.46. The number of hydrogen-bond donors (Lipinski definition) is 0. The summed E-state index contributed by atoms with van der Waals surface area (Å²) in [5.41, 5.74) is 0.437. The highest BCUT2D eigenvalue weighted by Gasteiger charge is 2.41. The molecule has 18 heavy (non-hydrogen) atoms. The molecule has 1 nitrogen and oxygen atoms in total. The van der Waals surface area contributed by atoms with Gasteiger partial charge in [-0.15, -0.1) is 11.6 Å². The molecule has 0 spiro atoms. The molecule has 3 rings (SSSR count). The van der Waals surface area contributed by atoms with Crippen molar-refractivity contribution in [2.24, 2.45) is 11.8 Å². The molecular formula is C14H15ClF2O. The van der Waals surface area contributed by atoms with Gasteiger partial charge in [-0.3, -0.25) is 0 Å². The molecule has 2 aliphatic rings. The maximum Gasteiger partial charge on any atom is 0.191 e. The van der Waals surface area contributed by atoms with Gasteiger partial charge < -0.3 is 4.74 Å². The lowest BCUT2D eigenvalue weighted by atomic mass is 9.98. The van der Waals surface area contributed by atoms with Crippen LogP contribution in [0, 0.1) is 23.5 Å². The second-order valence-corrected chi connectivity index (χ2v) is 5.62. The summed E-state index contributed by atoms with van der Waals surface area (Å²) in [5, 5.41) is 0. The Hall–Kier alpha value is -0.830. The minimum atomic E-state index is -0.645. The number of fused-ring (bicyclic) bond motifs is 2. The maximum atomic E-state index is 13.8. The molecule has 1 aromatic carbocycles. The van der Waals surface area contributed by atoms with E-state index in [1.807, 2.05) is 0 Å². The average Bonchev–Trinajstić information content (AvgIpc) is 2.95. The van der Waals surface area contributed by atoms with Crippen LogP contribution in [0.5, 0.6) is 5.75 Å². The Morgan fingerprint density at radius 3 is 2.39 bits per heavy atom. The smallest absolute Gasteiger partial charge is 0.191 e. The number of benzene rings is 1. The van der Waals surface area contributed by atoms with Crippen molar-refractivity contribution in [2.45, 2.75) is 37.7 Å². The Bertz CT molecular complexity index is 440. The van der Waals surface area contributed by atoms with Gasteiger partial charge in [-0.25, -0.2) is 8.78 Å². The minimum Gasteiger partial charge on any atom is -0.484 e. The van der Waals surface area contributed by atoms with Gasteiger partial charge in [0.1, 0.15) is 6.10 Å². The first kappa shape index (κ1) is 12.2. The standard InChI is InChI=1S/C14H15ClF2O/c15-7-9-4-11(16)14(12(17)5-9)18-13-6-8-1-2-10(13)3-8/h4-5,8,10,13H,1-3,6-7H2. The van der Waals surface area contributed by atoms with Crippen LogP contribution < -0.4 is 4.74 Å². The van der Waals surface area contributed by atoms with Crippen LogP contribution in [-0.2, 0) is 5.88 Å². The zero-order chi connectivity index (χ0) is 12.7. The Kier molecular flexibility index (Phi) is 3.18. The molecule has 0 saturated heterocycles. The van der Waals surface area contributed by atoms with E-state index in [9.17, 15) is 8.78 Å². The van der Waals surface area contributed by atoms with Crippen LogP contribution in [0.15, 0.2) is 12.1 Å². The molecule has 2 bridgehead atoms. The van der Waals surface area contributed by atoms with E-state index in [-0.39, 0.29) is 17.7 Å². The zero-order valence-corrected chi connectivity index (χ0v) is 10.7. The van der Waals surface area contributed by atoms with Gasteiger partial charge in [-0.1, -0.05) is 0 Å². The van der Waals surface area contributed by atoms with Crippen molar-refractivity contribution >= 4 is 11.6 Å². The lowest BCUT2D eigenvalue weighted by molar-refractivity contribution is 0.126. The van der Waals surface area contributed by atoms with Gasteiger partial charge in [0, 0.05) is 5.88 Å². The van der Waals surface area contributed by atoms with Crippen LogP contribution >= 0.6 is 11.6 Å². The largest absolute Gasteiger partial charge is 0.484 e. The van der Waals surface area contributed by atoms with E-state index in [4.69, 9.17) is 16.3 Å². The normalized spacial score (nSPS) is 29.8. The van der Waals surface area contributed by atoms with Gasteiger partial charge in [0.25, 0.3) is 0 Å². The van der Waals surface area contributed by atoms with Crippen LogP contribution in [0.2, 0.25) is 0 Å². The second-order valence-electron chi connectivity index (χ2n) is 5.35. The number of ether oxygens (including phenoxy) is 1. The fraction of sp³-hybridized carbons (Fsp3) is 0.571. The molecule has 2 aliphatic carbocycles. The molecule has 2 fully saturated rings. The number of halogens is 3. The highest BCUT2D eigenvalue weighted by molar-refractivity contribution is 6.17. The van der Waals surface area contributed by atoms with Gasteiger partial charge in [0.2, 0.25) is 0 Å². The van der Waals surface area contributed by atoms with Crippen LogP contribution in [0.4, 0.5) is 8.78 Å². The maximum absolute atomic E-state index is 13.8. The van der Waals surface area contributed by atoms with Crippen molar-refractivity contribution in [1.82, 2.24) is 0 Å². The van der Waals surface area contributed by atoms with Crippen LogP contribution in [0.25, 0.3) is 0 Å². The van der Waals surface area contributed by atoms with E-state index >= 15 is 0 Å². The SMILES string of the molecule is Fc1cc(CCl)cc(F)c1OC1CC2CCC1C2. The zero-order valence-electron chi connectivity index (χ0n) is 9.96. The lowest BCUT2D eigenvalue weighted by Gasteiger charge is -2.23. The number of hydrogen-bond acceptors (Lipinski definition) is 1. The molecule has 0 aliphatic heterocycles. The molecule has 0 amide bonds. The molecule has 1 aromatic rings. The fourth-order valence-electron chi connectivity index (χ4n) is 3.28. The Labute approximate surface area is 110 Å². The van der Waals surface area contributed by atoms with Crippen molar-refractivity contribution < 1.29 is 13.5 Å². The number of rotatable bonds is 3. The van der Waals surface area contributed by atoms with Crippen LogP contribution in [0.1, 0.15) is 31.2 Å². The quantitative estimate of drug-likeness (QED) is 0.747. The highest BCUT2D eigenvalue weighted by atomic mass is 35.5. The summed E-state index contributed by atoms with van der Waals surface area (Å²) < 4.78 is 33.1. The highest BCUT2D eigenvalue weighted by Crippen LogP contribution is 2.46. The summed E-state index contributed by atoms with van der Waals surface area (Å²) in [6, 6.07) is 2.50. The lowest BCUT2D eigenvalue weighted by Crippen LogP contribution is -2.24. The first-order valence-electron chi connectivity index (χ1n) is 6.38. The predicted octanol–water partition coefficient (Wildman–Crippen LogP) is 4.27. The van der Waals surface area contributed by atoms with Crippen molar-refractivity contribution in [3.63, 3.8) is 0 Å². The molecule has 0 radical (unpaired) electrons. The van der Waals surface area contributed by atoms with Crippen molar-refractivity contribution in [1.29, 1.82) is 0 Å². The Balaban J connectivity index is 1.80. The average molecular weight is 273 g/mol. The first-order chi connectivity index (χ1) is 8.67. The third kappa shape index (κ3) is 2.09. The van der Waals surface area contributed by atoms with Crippen molar-refractivity contribution in [3.8, 4) is 5.75 Å². The summed E-state index contributed by atoms with van der Waals surface area (Å²) in [4.78, 5) is 0. The monoisotopic (exact) mass is 272 g/mol. The molecule has 2 saturated carbocycles. The molecule has 98 valence electrons. The Morgan fingerprint density at radius 2 is 1.89 bits per heavy atom. The molecular weight excluding hydrogens is 258 g/mol. The van der Waals surface area contributed by atoms with Crippen LogP contribution in [-0.4, -0.2) is 6.10 Å². The van der Waals surface area contributed by atoms with Crippen molar-refractivity contribution in [2.75, 3.05) is 0 Å². The molecule has 3 unspecified atom stereocenters. The van der Waals surface area contributed by atoms with Gasteiger partial charge >= 0.3 is 0 Å². The van der Waals surface area contributed by atoms with E-state index in [2.05, 4.69) is 0 Å². The minimum absolute atomic E-state index is 0.0189. The molecule has 0 N–H and O–H groups in total. The predicted molar refractivity (Wildman–Crippen MR) is 65.8 cm³/mol. The summed E-state index contributed by atoms with van der Waals surface area (Å²) in [6.07, 6.45) is 4.42. The molecule has 0 aromatic heterocycles. The molecule has 3 atom stereocenters. The first-order valence-corrected chi connectivity index (χ1v) is 6.91. The Morgan fingerprint density at radius 1 is 1.17 bits per heavy atom. The fourth-order valence-corrected chi connectivity index (χ4v) is 3.44. The van der Waals surface area contributed by atoms with E-state index in [0.29, 0.717) is 17.4 Å². The number of alkyl halides is 1. The van der Waals surface area contributed by atoms with E-state index in [1.54, 1.807) is 0 Å². The third-order valence-electron chi connectivity index (χ3n) is 4.15. The van der Waals surface area contributed by atoms with Gasteiger partial charge in [0.05, 0.1) is 0 Å². The summed E-state index contributed by atoms with van der Waals surface area (Å²) in [7, 11) is 0. The van der Waals surface area contributed by atoms with Crippen molar-refractivity contribution in [3.05, 3.63) is 29.3 Å². The molecule has 0 heterocycles. The van der Waals surface area contributed by atoms with E-state index in [1.165, 1.54) is 18.6 Å². The second kappa shape index (κ2) is 4.69. The molecule has 4 heteroatoms. The van der Waals surface area contributed by atoms with Gasteiger partial charge in [-0.2, -0.15) is 0 Å². The van der Waals surface area contributed by atoms with Gasteiger partial charge in [0.15, 0.2) is 17.4 Å². The van der Waals surface area contributed by atoms with Crippen LogP contribution in [0.3, 0.4) is 0 Å². The summed E-state index contributed by atoms with van der Waals surface area (Å²) in [6.45, 7) is 0. The topological polar surface area (TPSA) is 9.23 Å². The van der Waals surface area contributed by atoms with Gasteiger partial charge in [-0.05, 0) is 55.2 Å². The summed E-state index contributed by atoms with van der Waals surface area (Å²) >= 11 is 5.57. The van der Waals surface area contributed by atoms with E-state index in [0.717, 1.165) is 19.3 Å². The van der Waals surface area contributed by atoms with E-state index < -0.39 is 11.6 Å².